The fourth-order valence-corrected chi connectivity index (χ4v) is 2.71. The van der Waals surface area contributed by atoms with Gasteiger partial charge in [-0.25, -0.2) is 0 Å². The molecule has 1 heterocycles. The number of rotatable bonds is 9. The lowest BCUT2D eigenvalue weighted by molar-refractivity contribution is -0.133. The summed E-state index contributed by atoms with van der Waals surface area (Å²) in [6.45, 7) is 2.73. The number of thioether (sulfide) groups is 1. The van der Waals surface area contributed by atoms with E-state index in [0.29, 0.717) is 11.8 Å². The average molecular weight is 335 g/mol. The van der Waals surface area contributed by atoms with E-state index in [0.717, 1.165) is 30.8 Å². The molecule has 124 valence electrons. The molecule has 0 aliphatic carbocycles. The molecule has 1 N–H and O–H groups in total. The number of aliphatic carboxylic acids is 1. The van der Waals surface area contributed by atoms with Crippen molar-refractivity contribution < 1.29 is 14.6 Å². The third kappa shape index (κ3) is 5.28. The number of aromatic nitrogens is 3. The van der Waals surface area contributed by atoms with Crippen LogP contribution in [0, 0.1) is 0 Å². The van der Waals surface area contributed by atoms with E-state index < -0.39 is 5.97 Å². The van der Waals surface area contributed by atoms with Crippen LogP contribution in [-0.2, 0) is 24.7 Å². The van der Waals surface area contributed by atoms with Crippen LogP contribution in [0.5, 0.6) is 5.75 Å². The van der Waals surface area contributed by atoms with Gasteiger partial charge in [0.2, 0.25) is 0 Å². The van der Waals surface area contributed by atoms with Crippen molar-refractivity contribution >= 4 is 17.7 Å². The summed E-state index contributed by atoms with van der Waals surface area (Å²) in [7, 11) is 1.85. The van der Waals surface area contributed by atoms with Gasteiger partial charge in [-0.1, -0.05) is 30.8 Å². The largest absolute Gasteiger partial charge is 0.494 e. The molecule has 1 aromatic heterocycles. The summed E-state index contributed by atoms with van der Waals surface area (Å²) in [5.74, 6) is 0.839. The highest BCUT2D eigenvalue weighted by atomic mass is 32.2. The zero-order valence-electron chi connectivity index (χ0n) is 13.4. The molecule has 0 saturated heterocycles. The summed E-state index contributed by atoms with van der Waals surface area (Å²) in [6, 6.07) is 8.12. The Labute approximate surface area is 139 Å². The van der Waals surface area contributed by atoms with E-state index in [1.807, 2.05) is 23.7 Å². The highest BCUT2D eigenvalue weighted by Gasteiger charge is 2.10. The van der Waals surface area contributed by atoms with Crippen LogP contribution < -0.4 is 4.74 Å². The van der Waals surface area contributed by atoms with Gasteiger partial charge < -0.3 is 14.4 Å². The van der Waals surface area contributed by atoms with Gasteiger partial charge in [-0.3, -0.25) is 4.79 Å². The molecule has 0 unspecified atom stereocenters. The smallest absolute Gasteiger partial charge is 0.313 e. The number of hydrogen-bond donors (Lipinski definition) is 1. The molecule has 0 aliphatic heterocycles. The second kappa shape index (κ2) is 8.57. The predicted octanol–water partition coefficient (Wildman–Crippen LogP) is 2.57. The number of aryl methyl sites for hydroxylation is 2. The molecular formula is C16H21N3O3S. The fourth-order valence-electron chi connectivity index (χ4n) is 2.06. The Hall–Kier alpha value is -2.02. The third-order valence-corrected chi connectivity index (χ3v) is 4.40. The molecule has 23 heavy (non-hydrogen) atoms. The van der Waals surface area contributed by atoms with Crippen LogP contribution in [0.15, 0.2) is 29.4 Å². The van der Waals surface area contributed by atoms with E-state index in [2.05, 4.69) is 29.3 Å². The molecule has 0 aliphatic rings. The molecule has 7 heteroatoms. The van der Waals surface area contributed by atoms with Crippen molar-refractivity contribution in [3.05, 3.63) is 35.7 Å². The van der Waals surface area contributed by atoms with E-state index in [-0.39, 0.29) is 5.75 Å². The lowest BCUT2D eigenvalue weighted by atomic mass is 10.2. The van der Waals surface area contributed by atoms with Gasteiger partial charge in [-0.05, 0) is 30.5 Å². The maximum absolute atomic E-state index is 10.6. The zero-order valence-corrected chi connectivity index (χ0v) is 14.2. The Morgan fingerprint density at radius 1 is 1.30 bits per heavy atom. The van der Waals surface area contributed by atoms with Crippen LogP contribution in [0.2, 0.25) is 0 Å². The summed E-state index contributed by atoms with van der Waals surface area (Å²) < 4.78 is 7.55. The maximum Gasteiger partial charge on any atom is 0.313 e. The Morgan fingerprint density at radius 3 is 2.70 bits per heavy atom. The van der Waals surface area contributed by atoms with E-state index in [1.54, 1.807) is 0 Å². The number of carboxylic acid groups (broad SMARTS) is 1. The van der Waals surface area contributed by atoms with Gasteiger partial charge in [0.05, 0.1) is 12.4 Å². The predicted molar refractivity (Wildman–Crippen MR) is 89.0 cm³/mol. The third-order valence-electron chi connectivity index (χ3n) is 3.39. The van der Waals surface area contributed by atoms with Crippen molar-refractivity contribution in [1.29, 1.82) is 0 Å². The number of ether oxygens (including phenoxy) is 1. The Bertz CT molecular complexity index is 641. The second-order valence-corrected chi connectivity index (χ2v) is 6.03. The fraction of sp³-hybridized carbons (Fsp3) is 0.438. The van der Waals surface area contributed by atoms with Crippen molar-refractivity contribution in [2.24, 2.45) is 7.05 Å². The molecule has 6 nitrogen and oxygen atoms in total. The van der Waals surface area contributed by atoms with Gasteiger partial charge in [0.25, 0.3) is 0 Å². The minimum atomic E-state index is -0.859. The molecule has 0 atom stereocenters. The average Bonchev–Trinajstić information content (AvgIpc) is 2.90. The van der Waals surface area contributed by atoms with Gasteiger partial charge in [0, 0.05) is 13.5 Å². The lowest BCUT2D eigenvalue weighted by Gasteiger charge is -2.07. The minimum absolute atomic E-state index is 0.0111. The molecule has 0 bridgehead atoms. The first-order chi connectivity index (χ1) is 11.1. The summed E-state index contributed by atoms with van der Waals surface area (Å²) in [5.41, 5.74) is 1.29. The van der Waals surface area contributed by atoms with Crippen LogP contribution in [0.4, 0.5) is 0 Å². The van der Waals surface area contributed by atoms with Crippen molar-refractivity contribution in [2.45, 2.75) is 31.3 Å². The van der Waals surface area contributed by atoms with Gasteiger partial charge in [-0.15, -0.1) is 10.2 Å². The van der Waals surface area contributed by atoms with Gasteiger partial charge in [0.15, 0.2) is 5.16 Å². The molecule has 0 fully saturated rings. The molecule has 0 amide bonds. The SMILES string of the molecule is CCc1ccc(OCCCc2nnc(SCC(=O)O)n2C)cc1. The second-order valence-electron chi connectivity index (χ2n) is 5.09. The molecule has 0 saturated carbocycles. The molecule has 2 aromatic rings. The molecule has 0 radical (unpaired) electrons. The Kier molecular flexibility index (Phi) is 6.46. The van der Waals surface area contributed by atoms with Crippen LogP contribution in [0.3, 0.4) is 0 Å². The first-order valence-electron chi connectivity index (χ1n) is 7.54. The molecule has 0 spiro atoms. The summed E-state index contributed by atoms with van der Waals surface area (Å²) in [4.78, 5) is 10.6. The van der Waals surface area contributed by atoms with Crippen LogP contribution in [0.25, 0.3) is 0 Å². The quantitative estimate of drug-likeness (QED) is 0.560. The van der Waals surface area contributed by atoms with Gasteiger partial charge in [-0.2, -0.15) is 0 Å². The lowest BCUT2D eigenvalue weighted by Crippen LogP contribution is -2.05. The topological polar surface area (TPSA) is 77.2 Å². The van der Waals surface area contributed by atoms with Crippen LogP contribution >= 0.6 is 11.8 Å². The van der Waals surface area contributed by atoms with Crippen LogP contribution in [-0.4, -0.2) is 38.2 Å². The highest BCUT2D eigenvalue weighted by molar-refractivity contribution is 7.99. The highest BCUT2D eigenvalue weighted by Crippen LogP contribution is 2.16. The standard InChI is InChI=1S/C16H21N3O3S/c1-3-12-6-8-13(9-7-12)22-10-4-5-14-17-18-16(19(14)2)23-11-15(20)21/h6-9H,3-5,10-11H2,1-2H3,(H,20,21). The monoisotopic (exact) mass is 335 g/mol. The number of nitrogens with zero attached hydrogens (tertiary/aromatic N) is 3. The Morgan fingerprint density at radius 2 is 2.04 bits per heavy atom. The minimum Gasteiger partial charge on any atom is -0.494 e. The number of carbonyl (C=O) groups is 1. The van der Waals surface area contributed by atoms with Crippen molar-refractivity contribution in [3.8, 4) is 5.75 Å². The van der Waals surface area contributed by atoms with Crippen LogP contribution in [0.1, 0.15) is 24.7 Å². The number of benzene rings is 1. The van der Waals surface area contributed by atoms with Crippen molar-refractivity contribution in [1.82, 2.24) is 14.8 Å². The molecular weight excluding hydrogens is 314 g/mol. The molecule has 1 aromatic carbocycles. The normalized spacial score (nSPS) is 10.7. The van der Waals surface area contributed by atoms with Gasteiger partial charge >= 0.3 is 5.97 Å². The number of hydrogen-bond acceptors (Lipinski definition) is 5. The van der Waals surface area contributed by atoms with E-state index in [9.17, 15) is 4.79 Å². The first-order valence-corrected chi connectivity index (χ1v) is 8.53. The van der Waals surface area contributed by atoms with E-state index in [1.165, 1.54) is 17.3 Å². The summed E-state index contributed by atoms with van der Waals surface area (Å²) in [5, 5.41) is 17.4. The maximum atomic E-state index is 10.6. The zero-order chi connectivity index (χ0) is 16.7. The van der Waals surface area contributed by atoms with E-state index >= 15 is 0 Å². The van der Waals surface area contributed by atoms with E-state index in [4.69, 9.17) is 9.84 Å². The van der Waals surface area contributed by atoms with Crippen molar-refractivity contribution in [2.75, 3.05) is 12.4 Å². The van der Waals surface area contributed by atoms with Crippen molar-refractivity contribution in [3.63, 3.8) is 0 Å². The first kappa shape index (κ1) is 17.3. The molecule has 2 rings (SSSR count). The number of carboxylic acids is 1. The summed E-state index contributed by atoms with van der Waals surface area (Å²) >= 11 is 1.17. The summed E-state index contributed by atoms with van der Waals surface area (Å²) in [6.07, 6.45) is 2.59. The van der Waals surface area contributed by atoms with Gasteiger partial charge in [0.1, 0.15) is 11.6 Å². The Balaban J connectivity index is 1.76.